The molecule has 0 radical (unpaired) electrons. The van der Waals surface area contributed by atoms with E-state index in [9.17, 15) is 19.3 Å². The number of nitrogens with one attached hydrogen (secondary N) is 1. The molecule has 3 rings (SSSR count). The van der Waals surface area contributed by atoms with E-state index >= 15 is 0 Å². The number of rotatable bonds is 6. The number of aryl methyl sites for hydroxylation is 1. The Kier molecular flexibility index (Phi) is 6.30. The number of carbonyl (C=O) groups is 1. The van der Waals surface area contributed by atoms with Crippen LogP contribution in [0.15, 0.2) is 47.6 Å². The van der Waals surface area contributed by atoms with Gasteiger partial charge in [-0.15, -0.1) is 0 Å². The van der Waals surface area contributed by atoms with Crippen LogP contribution in [-0.2, 0) is 0 Å². The van der Waals surface area contributed by atoms with Crippen molar-refractivity contribution < 1.29 is 18.8 Å². The van der Waals surface area contributed by atoms with Gasteiger partial charge in [-0.25, -0.2) is 9.82 Å². The predicted molar refractivity (Wildman–Crippen MR) is 115 cm³/mol. The second-order valence-electron chi connectivity index (χ2n) is 6.78. The number of amides is 1. The molecule has 0 aliphatic rings. The molecule has 0 fully saturated rings. The highest BCUT2D eigenvalue weighted by atomic mass is 19.1. The smallest absolute Gasteiger partial charge is 0.296 e. The van der Waals surface area contributed by atoms with Gasteiger partial charge in [0, 0.05) is 17.0 Å². The molecule has 32 heavy (non-hydrogen) atoms. The Morgan fingerprint density at radius 2 is 2.03 bits per heavy atom. The van der Waals surface area contributed by atoms with E-state index in [4.69, 9.17) is 10.00 Å². The first-order valence-electron chi connectivity index (χ1n) is 9.31. The van der Waals surface area contributed by atoms with Gasteiger partial charge in [0.15, 0.2) is 0 Å². The van der Waals surface area contributed by atoms with Crippen LogP contribution in [0.4, 0.5) is 10.1 Å². The van der Waals surface area contributed by atoms with Crippen molar-refractivity contribution in [3.05, 3.63) is 86.5 Å². The zero-order valence-electron chi connectivity index (χ0n) is 17.4. The molecule has 1 amide bonds. The summed E-state index contributed by atoms with van der Waals surface area (Å²) in [7, 11) is 1.43. The SMILES string of the molecule is COc1ccc(-n2c(C)cc(/C=N/NC(=O)c3ccc(C#N)cc3F)c2C)c([N+](=O)[O-])c1. The molecule has 2 aromatic carbocycles. The van der Waals surface area contributed by atoms with E-state index in [1.807, 2.05) is 0 Å². The van der Waals surface area contributed by atoms with Crippen molar-refractivity contribution in [1.29, 1.82) is 5.26 Å². The van der Waals surface area contributed by atoms with Gasteiger partial charge < -0.3 is 9.30 Å². The first-order chi connectivity index (χ1) is 15.3. The first-order valence-corrected chi connectivity index (χ1v) is 9.31. The van der Waals surface area contributed by atoms with Gasteiger partial charge in [0.25, 0.3) is 11.6 Å². The molecule has 1 aromatic heterocycles. The number of nitriles is 1. The molecule has 0 spiro atoms. The number of carbonyl (C=O) groups excluding carboxylic acids is 1. The summed E-state index contributed by atoms with van der Waals surface area (Å²) in [5.74, 6) is -1.24. The van der Waals surface area contributed by atoms with Crippen LogP contribution in [0.1, 0.15) is 32.9 Å². The lowest BCUT2D eigenvalue weighted by Gasteiger charge is -2.11. The number of hydrogen-bond acceptors (Lipinski definition) is 6. The average molecular weight is 435 g/mol. The van der Waals surface area contributed by atoms with E-state index in [-0.39, 0.29) is 16.8 Å². The zero-order valence-corrected chi connectivity index (χ0v) is 17.4. The Balaban J connectivity index is 1.87. The highest BCUT2D eigenvalue weighted by molar-refractivity contribution is 5.95. The molecule has 1 heterocycles. The summed E-state index contributed by atoms with van der Waals surface area (Å²) in [5.41, 5.74) is 4.29. The number of nitrogens with zero attached hydrogens (tertiary/aromatic N) is 4. The first kappa shape index (κ1) is 22.2. The molecule has 0 aliphatic carbocycles. The van der Waals surface area contributed by atoms with Crippen LogP contribution in [0.3, 0.4) is 0 Å². The molecular weight excluding hydrogens is 417 g/mol. The Bertz CT molecular complexity index is 1290. The highest BCUT2D eigenvalue weighted by Crippen LogP contribution is 2.31. The van der Waals surface area contributed by atoms with Crippen molar-refractivity contribution in [2.75, 3.05) is 7.11 Å². The van der Waals surface area contributed by atoms with Gasteiger partial charge in [-0.3, -0.25) is 14.9 Å². The van der Waals surface area contributed by atoms with E-state index in [0.29, 0.717) is 28.4 Å². The number of nitro benzene ring substituents is 1. The summed E-state index contributed by atoms with van der Waals surface area (Å²) >= 11 is 0. The Morgan fingerprint density at radius 1 is 1.28 bits per heavy atom. The second-order valence-corrected chi connectivity index (χ2v) is 6.78. The molecule has 0 bridgehead atoms. The summed E-state index contributed by atoms with van der Waals surface area (Å²) < 4.78 is 20.7. The number of hydrogen-bond donors (Lipinski definition) is 1. The van der Waals surface area contributed by atoms with E-state index in [2.05, 4.69) is 10.5 Å². The summed E-state index contributed by atoms with van der Waals surface area (Å²) in [5, 5.41) is 24.2. The molecule has 0 unspecified atom stereocenters. The van der Waals surface area contributed by atoms with Crippen LogP contribution >= 0.6 is 0 Å². The standard InChI is InChI=1S/C22H18FN5O4/c1-13-8-16(12-25-26-22(29)18-6-4-15(11-24)9-19(18)23)14(2)27(13)20-7-5-17(32-3)10-21(20)28(30)31/h4-10,12H,1-3H3,(H,26,29)/b25-12+. The topological polar surface area (TPSA) is 123 Å². The van der Waals surface area contributed by atoms with E-state index in [0.717, 1.165) is 6.07 Å². The van der Waals surface area contributed by atoms with E-state index < -0.39 is 16.6 Å². The minimum absolute atomic E-state index is 0.0996. The average Bonchev–Trinajstić information content (AvgIpc) is 3.05. The fraction of sp³-hybridized carbons (Fsp3) is 0.136. The molecular formula is C22H18FN5O4. The Labute approximate surface area is 182 Å². The maximum absolute atomic E-state index is 14.0. The van der Waals surface area contributed by atoms with Gasteiger partial charge >= 0.3 is 0 Å². The molecule has 0 saturated carbocycles. The van der Waals surface area contributed by atoms with Crippen molar-refractivity contribution >= 4 is 17.8 Å². The molecule has 0 aliphatic heterocycles. The maximum Gasteiger partial charge on any atom is 0.296 e. The van der Waals surface area contributed by atoms with Crippen LogP contribution in [0, 0.1) is 41.1 Å². The molecule has 3 aromatic rings. The van der Waals surface area contributed by atoms with Gasteiger partial charge in [0.1, 0.15) is 17.3 Å². The monoisotopic (exact) mass is 435 g/mol. The summed E-state index contributed by atoms with van der Waals surface area (Å²) in [6.07, 6.45) is 1.37. The quantitative estimate of drug-likeness (QED) is 0.359. The third kappa shape index (κ3) is 4.32. The fourth-order valence-electron chi connectivity index (χ4n) is 3.24. The lowest BCUT2D eigenvalue weighted by atomic mass is 10.1. The van der Waals surface area contributed by atoms with Crippen LogP contribution in [-0.4, -0.2) is 28.7 Å². The van der Waals surface area contributed by atoms with Crippen molar-refractivity contribution in [3.8, 4) is 17.5 Å². The summed E-state index contributed by atoms with van der Waals surface area (Å²) in [4.78, 5) is 23.2. The number of ether oxygens (including phenoxy) is 1. The lowest BCUT2D eigenvalue weighted by Crippen LogP contribution is -2.19. The minimum atomic E-state index is -0.832. The summed E-state index contributed by atoms with van der Waals surface area (Å²) in [6.45, 7) is 3.54. The van der Waals surface area contributed by atoms with Gasteiger partial charge in [0.05, 0.1) is 41.5 Å². The van der Waals surface area contributed by atoms with Crippen LogP contribution in [0.2, 0.25) is 0 Å². The second kappa shape index (κ2) is 9.09. The number of nitro groups is 1. The molecule has 9 nitrogen and oxygen atoms in total. The van der Waals surface area contributed by atoms with Crippen LogP contribution in [0.5, 0.6) is 5.75 Å². The molecule has 0 atom stereocenters. The zero-order chi connectivity index (χ0) is 23.4. The van der Waals surface area contributed by atoms with Crippen LogP contribution in [0.25, 0.3) is 5.69 Å². The normalized spacial score (nSPS) is 10.7. The van der Waals surface area contributed by atoms with E-state index in [1.165, 1.54) is 31.5 Å². The highest BCUT2D eigenvalue weighted by Gasteiger charge is 2.20. The largest absolute Gasteiger partial charge is 0.496 e. The fourth-order valence-corrected chi connectivity index (χ4v) is 3.24. The molecule has 162 valence electrons. The predicted octanol–water partition coefficient (Wildman–Crippen LogP) is 3.79. The van der Waals surface area contributed by atoms with Crippen molar-refractivity contribution in [3.63, 3.8) is 0 Å². The number of halogens is 1. The Hall–Kier alpha value is -4.52. The number of benzene rings is 2. The van der Waals surface area contributed by atoms with Crippen LogP contribution < -0.4 is 10.2 Å². The number of methoxy groups -OCH3 is 1. The van der Waals surface area contributed by atoms with Gasteiger partial charge in [-0.05, 0) is 50.2 Å². The minimum Gasteiger partial charge on any atom is -0.496 e. The van der Waals surface area contributed by atoms with Gasteiger partial charge in [-0.2, -0.15) is 10.4 Å². The lowest BCUT2D eigenvalue weighted by molar-refractivity contribution is -0.384. The van der Waals surface area contributed by atoms with E-state index in [1.54, 1.807) is 42.7 Å². The van der Waals surface area contributed by atoms with Crippen molar-refractivity contribution in [1.82, 2.24) is 9.99 Å². The molecule has 0 saturated heterocycles. The summed E-state index contributed by atoms with van der Waals surface area (Å²) in [6, 6.07) is 11.6. The maximum atomic E-state index is 14.0. The third-order valence-electron chi connectivity index (χ3n) is 4.80. The Morgan fingerprint density at radius 3 is 2.66 bits per heavy atom. The number of hydrazone groups is 1. The van der Waals surface area contributed by atoms with Crippen molar-refractivity contribution in [2.24, 2.45) is 5.10 Å². The molecule has 10 heteroatoms. The third-order valence-corrected chi connectivity index (χ3v) is 4.80. The molecule has 1 N–H and O–H groups in total. The van der Waals surface area contributed by atoms with Crippen molar-refractivity contribution in [2.45, 2.75) is 13.8 Å². The van der Waals surface area contributed by atoms with Gasteiger partial charge in [-0.1, -0.05) is 0 Å². The number of aromatic nitrogens is 1. The van der Waals surface area contributed by atoms with Gasteiger partial charge in [0.2, 0.25) is 0 Å².